The van der Waals surface area contributed by atoms with Crippen LogP contribution in [0.1, 0.15) is 17.3 Å². The van der Waals surface area contributed by atoms with Crippen LogP contribution in [0.25, 0.3) is 0 Å². The number of nitrogens with one attached hydrogen (secondary N) is 1. The van der Waals surface area contributed by atoms with E-state index in [1.165, 1.54) is 6.07 Å². The highest BCUT2D eigenvalue weighted by molar-refractivity contribution is 9.10. The molecule has 1 N–H and O–H groups in total. The molecule has 7 heteroatoms. The number of rotatable bonds is 3. The number of hydrogen-bond donors (Lipinski definition) is 1. The molecule has 1 heterocycles. The van der Waals surface area contributed by atoms with Crippen LogP contribution in [0.2, 0.25) is 5.02 Å². The third kappa shape index (κ3) is 2.41. The Morgan fingerprint density at radius 3 is 2.72 bits per heavy atom. The number of aromatic nitrogens is 3. The van der Waals surface area contributed by atoms with Gasteiger partial charge in [0.1, 0.15) is 5.82 Å². The van der Waals surface area contributed by atoms with Crippen molar-refractivity contribution < 1.29 is 4.39 Å². The summed E-state index contributed by atoms with van der Waals surface area (Å²) in [7, 11) is 3.50. The van der Waals surface area contributed by atoms with Crippen LogP contribution in [-0.4, -0.2) is 22.0 Å². The number of hydrogen-bond acceptors (Lipinski definition) is 3. The van der Waals surface area contributed by atoms with Gasteiger partial charge >= 0.3 is 0 Å². The fraction of sp³-hybridized carbons (Fsp3) is 0.273. The molecule has 1 atom stereocenters. The summed E-state index contributed by atoms with van der Waals surface area (Å²) in [6.45, 7) is 0. The van der Waals surface area contributed by atoms with Crippen molar-refractivity contribution in [2.24, 2.45) is 7.05 Å². The Bertz CT molecular complexity index is 553. The Morgan fingerprint density at radius 1 is 1.50 bits per heavy atom. The van der Waals surface area contributed by atoms with E-state index < -0.39 is 0 Å². The maximum absolute atomic E-state index is 14.0. The van der Waals surface area contributed by atoms with E-state index in [4.69, 9.17) is 11.6 Å². The van der Waals surface area contributed by atoms with Crippen LogP contribution in [0.3, 0.4) is 0 Å². The standard InChI is InChI=1S/C11H11BrClFN4/c1-15-9(10-11(12)16-17-18(10)2)7-4-3-6(13)5-8(7)14/h3-5,9,15H,1-2H3. The monoisotopic (exact) mass is 332 g/mol. The van der Waals surface area contributed by atoms with Gasteiger partial charge in [0.05, 0.1) is 11.7 Å². The minimum atomic E-state index is -0.366. The molecule has 0 saturated heterocycles. The van der Waals surface area contributed by atoms with Crippen molar-refractivity contribution in [2.75, 3.05) is 7.05 Å². The number of halogens is 3. The van der Waals surface area contributed by atoms with Crippen LogP contribution in [0.15, 0.2) is 22.8 Å². The fourth-order valence-corrected chi connectivity index (χ4v) is 2.54. The molecule has 4 nitrogen and oxygen atoms in total. The highest BCUT2D eigenvalue weighted by Gasteiger charge is 2.23. The van der Waals surface area contributed by atoms with E-state index in [0.717, 1.165) is 5.69 Å². The van der Waals surface area contributed by atoms with Crippen molar-refractivity contribution >= 4 is 27.5 Å². The predicted molar refractivity (Wildman–Crippen MR) is 71.0 cm³/mol. The summed E-state index contributed by atoms with van der Waals surface area (Å²) in [5, 5.41) is 11.2. The number of benzene rings is 1. The molecular formula is C11H11BrClFN4. The Hall–Kier alpha value is -0.980. The molecule has 0 aliphatic heterocycles. The van der Waals surface area contributed by atoms with E-state index in [1.54, 1.807) is 30.9 Å². The van der Waals surface area contributed by atoms with Gasteiger partial charge in [-0.15, -0.1) is 5.10 Å². The van der Waals surface area contributed by atoms with E-state index in [-0.39, 0.29) is 11.9 Å². The molecule has 96 valence electrons. The molecule has 0 bridgehead atoms. The highest BCUT2D eigenvalue weighted by Crippen LogP contribution is 2.29. The van der Waals surface area contributed by atoms with E-state index in [0.29, 0.717) is 15.2 Å². The Morgan fingerprint density at radius 2 is 2.22 bits per heavy atom. The second-order valence-electron chi connectivity index (χ2n) is 3.78. The molecule has 18 heavy (non-hydrogen) atoms. The summed E-state index contributed by atoms with van der Waals surface area (Å²) < 4.78 is 16.1. The third-order valence-corrected chi connectivity index (χ3v) is 3.46. The van der Waals surface area contributed by atoms with Gasteiger partial charge < -0.3 is 5.32 Å². The normalized spacial score (nSPS) is 12.7. The average Bonchev–Trinajstić information content (AvgIpc) is 2.64. The lowest BCUT2D eigenvalue weighted by Crippen LogP contribution is -2.22. The molecule has 0 aliphatic carbocycles. The first-order valence-corrected chi connectivity index (χ1v) is 6.39. The van der Waals surface area contributed by atoms with Crippen LogP contribution in [0, 0.1) is 5.82 Å². The smallest absolute Gasteiger partial charge is 0.153 e. The van der Waals surface area contributed by atoms with E-state index in [1.807, 2.05) is 0 Å². The summed E-state index contributed by atoms with van der Waals surface area (Å²) >= 11 is 9.06. The summed E-state index contributed by atoms with van der Waals surface area (Å²) in [4.78, 5) is 0. The summed E-state index contributed by atoms with van der Waals surface area (Å²) in [5.41, 5.74) is 1.24. The zero-order chi connectivity index (χ0) is 13.3. The van der Waals surface area contributed by atoms with Gasteiger partial charge in [0, 0.05) is 17.6 Å². The van der Waals surface area contributed by atoms with Crippen molar-refractivity contribution in [3.63, 3.8) is 0 Å². The van der Waals surface area contributed by atoms with Gasteiger partial charge in [-0.25, -0.2) is 9.07 Å². The zero-order valence-electron chi connectivity index (χ0n) is 9.78. The molecule has 2 rings (SSSR count). The first kappa shape index (κ1) is 13.5. The van der Waals surface area contributed by atoms with Gasteiger partial charge in [-0.2, -0.15) is 0 Å². The molecular weight excluding hydrogens is 323 g/mol. The van der Waals surface area contributed by atoms with E-state index >= 15 is 0 Å². The second-order valence-corrected chi connectivity index (χ2v) is 4.96. The lowest BCUT2D eigenvalue weighted by Gasteiger charge is -2.17. The third-order valence-electron chi connectivity index (χ3n) is 2.66. The molecule has 1 aromatic heterocycles. The van der Waals surface area contributed by atoms with Gasteiger partial charge in [0.2, 0.25) is 0 Å². The minimum Gasteiger partial charge on any atom is -0.308 e. The Balaban J connectivity index is 2.52. The Labute approximate surface area is 117 Å². The number of aryl methyl sites for hydroxylation is 1. The van der Waals surface area contributed by atoms with Gasteiger partial charge in [0.25, 0.3) is 0 Å². The second kappa shape index (κ2) is 5.34. The molecule has 1 unspecified atom stereocenters. The van der Waals surface area contributed by atoms with Crippen LogP contribution in [0.5, 0.6) is 0 Å². The van der Waals surface area contributed by atoms with Crippen molar-refractivity contribution in [1.82, 2.24) is 20.3 Å². The first-order chi connectivity index (χ1) is 8.54. The lowest BCUT2D eigenvalue weighted by molar-refractivity contribution is 0.549. The molecule has 0 aliphatic rings. The van der Waals surface area contributed by atoms with Crippen molar-refractivity contribution in [2.45, 2.75) is 6.04 Å². The van der Waals surface area contributed by atoms with Crippen LogP contribution < -0.4 is 5.32 Å². The van der Waals surface area contributed by atoms with Crippen LogP contribution in [-0.2, 0) is 7.05 Å². The van der Waals surface area contributed by atoms with Gasteiger partial charge in [-0.3, -0.25) is 0 Å². The fourth-order valence-electron chi connectivity index (χ4n) is 1.82. The van der Waals surface area contributed by atoms with Crippen molar-refractivity contribution in [1.29, 1.82) is 0 Å². The lowest BCUT2D eigenvalue weighted by atomic mass is 10.0. The summed E-state index contributed by atoms with van der Waals surface area (Å²) in [6.07, 6.45) is 0. The average molecular weight is 334 g/mol. The predicted octanol–water partition coefficient (Wildman–Crippen LogP) is 2.68. The molecule has 0 spiro atoms. The minimum absolute atomic E-state index is 0.350. The van der Waals surface area contributed by atoms with Crippen molar-refractivity contribution in [3.05, 3.63) is 44.9 Å². The first-order valence-electron chi connectivity index (χ1n) is 5.22. The topological polar surface area (TPSA) is 42.7 Å². The van der Waals surface area contributed by atoms with Crippen molar-refractivity contribution in [3.8, 4) is 0 Å². The molecule has 0 fully saturated rings. The van der Waals surface area contributed by atoms with Gasteiger partial charge in [-0.05, 0) is 35.1 Å². The van der Waals surface area contributed by atoms with Gasteiger partial charge in [-0.1, -0.05) is 22.9 Å². The summed E-state index contributed by atoms with van der Waals surface area (Å²) in [6, 6.07) is 4.25. The van der Waals surface area contributed by atoms with E-state index in [9.17, 15) is 4.39 Å². The maximum Gasteiger partial charge on any atom is 0.153 e. The van der Waals surface area contributed by atoms with Gasteiger partial charge in [0.15, 0.2) is 4.60 Å². The maximum atomic E-state index is 14.0. The molecule has 0 radical (unpaired) electrons. The SMILES string of the molecule is CNC(c1ccc(Cl)cc1F)c1c(Br)nnn1C. The largest absolute Gasteiger partial charge is 0.308 e. The molecule has 1 aromatic carbocycles. The highest BCUT2D eigenvalue weighted by atomic mass is 79.9. The molecule has 0 saturated carbocycles. The molecule has 2 aromatic rings. The summed E-state index contributed by atoms with van der Waals surface area (Å²) in [5.74, 6) is -0.366. The number of nitrogens with zero attached hydrogens (tertiary/aromatic N) is 3. The molecule has 0 amide bonds. The Kier molecular flexibility index (Phi) is 3.99. The van der Waals surface area contributed by atoms with E-state index in [2.05, 4.69) is 31.6 Å². The van der Waals surface area contributed by atoms with Crippen LogP contribution >= 0.6 is 27.5 Å². The zero-order valence-corrected chi connectivity index (χ0v) is 12.1. The van der Waals surface area contributed by atoms with Crippen LogP contribution in [0.4, 0.5) is 4.39 Å². The quantitative estimate of drug-likeness (QED) is 0.939.